The molecule has 11 nitrogen and oxygen atoms in total. The molecule has 2 aromatic carbocycles. The summed E-state index contributed by atoms with van der Waals surface area (Å²) >= 11 is 3.45. The van der Waals surface area contributed by atoms with E-state index in [2.05, 4.69) is 53.9 Å². The highest BCUT2D eigenvalue weighted by molar-refractivity contribution is 9.10. The van der Waals surface area contributed by atoms with Crippen LogP contribution in [0.5, 0.6) is 11.5 Å². The third-order valence-electron chi connectivity index (χ3n) is 7.82. The smallest absolute Gasteiger partial charge is 0.320 e. The zero-order chi connectivity index (χ0) is 36.4. The molecule has 2 aromatic heterocycles. The van der Waals surface area contributed by atoms with Crippen molar-refractivity contribution in [2.45, 2.75) is 52.8 Å². The Kier molecular flexibility index (Phi) is 12.7. The van der Waals surface area contributed by atoms with Crippen molar-refractivity contribution >= 4 is 27.8 Å². The van der Waals surface area contributed by atoms with E-state index in [9.17, 15) is 9.59 Å². The van der Waals surface area contributed by atoms with Gasteiger partial charge < -0.3 is 28.8 Å². The second kappa shape index (κ2) is 16.9. The van der Waals surface area contributed by atoms with E-state index in [4.69, 9.17) is 24.0 Å². The number of amides is 2. The molecule has 0 spiro atoms. The molecule has 0 bridgehead atoms. The van der Waals surface area contributed by atoms with Gasteiger partial charge in [0.25, 0.3) is 5.56 Å². The van der Waals surface area contributed by atoms with Gasteiger partial charge in [-0.05, 0) is 52.2 Å². The number of halogens is 1. The number of ether oxygens (including phenoxy) is 4. The van der Waals surface area contributed by atoms with Gasteiger partial charge >= 0.3 is 6.03 Å². The highest BCUT2D eigenvalue weighted by Crippen LogP contribution is 2.28. The summed E-state index contributed by atoms with van der Waals surface area (Å²) in [6.07, 6.45) is 5.01. The molecule has 2 N–H and O–H groups in total. The van der Waals surface area contributed by atoms with Crippen LogP contribution in [0.2, 0.25) is 0 Å². The molecule has 0 atom stereocenters. The number of carbonyl (C=O) groups excluding carboxylic acids is 1. The normalized spacial score (nSPS) is 11.7. The molecule has 4 aromatic rings. The second-order valence-electron chi connectivity index (χ2n) is 12.4. The molecule has 0 aliphatic heterocycles. The fourth-order valence-electron chi connectivity index (χ4n) is 4.92. The first-order valence-corrected chi connectivity index (χ1v) is 16.7. The predicted octanol–water partition coefficient (Wildman–Crippen LogP) is 7.56. The van der Waals surface area contributed by atoms with E-state index in [1.807, 2.05) is 61.5 Å². The van der Waals surface area contributed by atoms with Crippen LogP contribution in [-0.2, 0) is 34.6 Å². The largest absolute Gasteiger partial charge is 0.504 e. The van der Waals surface area contributed by atoms with E-state index in [0.717, 1.165) is 22.5 Å². The highest BCUT2D eigenvalue weighted by Gasteiger charge is 2.22. The quantitative estimate of drug-likeness (QED) is 0.101. The third kappa shape index (κ3) is 9.47. The molecule has 0 fully saturated rings. The first-order valence-electron chi connectivity index (χ1n) is 15.9. The van der Waals surface area contributed by atoms with Crippen LogP contribution in [0.25, 0.3) is 5.69 Å². The van der Waals surface area contributed by atoms with Gasteiger partial charge in [0.05, 0.1) is 45.5 Å². The Bertz CT molecular complexity index is 1950. The van der Waals surface area contributed by atoms with Gasteiger partial charge in [0, 0.05) is 41.4 Å². The molecular weight excluding hydrogens is 702 g/mol. The van der Waals surface area contributed by atoms with Crippen LogP contribution >= 0.6 is 15.9 Å². The SMILES string of the molecule is C=C(OC)/C(=C\C=C\OC)Cn1c(C)cc(OCc2ccccc2CNC(=O)Nc2cc(C(C)(C)C)nn2-c2cccc(OC)c2)c(Br)c1=O. The van der Waals surface area contributed by atoms with Crippen LogP contribution in [0, 0.1) is 6.92 Å². The lowest BCUT2D eigenvalue weighted by Crippen LogP contribution is -2.29. The fraction of sp³-hybridized carbons (Fsp3) is 0.289. The van der Waals surface area contributed by atoms with Crippen LogP contribution in [0.4, 0.5) is 10.6 Å². The first-order chi connectivity index (χ1) is 23.9. The van der Waals surface area contributed by atoms with Crippen molar-refractivity contribution in [3.63, 3.8) is 0 Å². The van der Waals surface area contributed by atoms with Gasteiger partial charge in [0.1, 0.15) is 34.2 Å². The molecule has 2 heterocycles. The molecule has 50 heavy (non-hydrogen) atoms. The highest BCUT2D eigenvalue weighted by atomic mass is 79.9. The summed E-state index contributed by atoms with van der Waals surface area (Å²) in [5, 5.41) is 10.7. The van der Waals surface area contributed by atoms with Gasteiger partial charge in [-0.2, -0.15) is 5.10 Å². The zero-order valence-corrected chi connectivity index (χ0v) is 31.1. The lowest BCUT2D eigenvalue weighted by molar-refractivity contribution is 0.251. The predicted molar refractivity (Wildman–Crippen MR) is 199 cm³/mol. The molecule has 264 valence electrons. The number of hydrogen-bond acceptors (Lipinski definition) is 7. The number of aryl methyl sites for hydroxylation is 1. The second-order valence-corrected chi connectivity index (χ2v) is 13.2. The molecule has 0 radical (unpaired) electrons. The Labute approximate surface area is 301 Å². The number of aromatic nitrogens is 3. The number of methoxy groups -OCH3 is 3. The number of urea groups is 1. The molecule has 2 amide bonds. The Balaban J connectivity index is 1.48. The van der Waals surface area contributed by atoms with Gasteiger partial charge in [-0.3, -0.25) is 10.1 Å². The van der Waals surface area contributed by atoms with Crippen LogP contribution in [0.15, 0.2) is 106 Å². The van der Waals surface area contributed by atoms with Crippen molar-refractivity contribution in [2.24, 2.45) is 0 Å². The van der Waals surface area contributed by atoms with Crippen LogP contribution in [-0.4, -0.2) is 41.7 Å². The van der Waals surface area contributed by atoms with Crippen molar-refractivity contribution in [3.8, 4) is 17.2 Å². The van der Waals surface area contributed by atoms with E-state index < -0.39 is 6.03 Å². The number of allylic oxidation sites excluding steroid dienone is 3. The minimum Gasteiger partial charge on any atom is -0.504 e. The Morgan fingerprint density at radius 1 is 1.04 bits per heavy atom. The lowest BCUT2D eigenvalue weighted by Gasteiger charge is -2.17. The molecule has 4 rings (SSSR count). The lowest BCUT2D eigenvalue weighted by atomic mass is 9.92. The topological polar surface area (TPSA) is 118 Å². The van der Waals surface area contributed by atoms with Gasteiger partial charge in [-0.25, -0.2) is 9.48 Å². The van der Waals surface area contributed by atoms with Crippen LogP contribution in [0.3, 0.4) is 0 Å². The number of carbonyl (C=O) groups is 1. The number of benzene rings is 2. The van der Waals surface area contributed by atoms with E-state index in [1.54, 1.807) is 41.7 Å². The van der Waals surface area contributed by atoms with Crippen molar-refractivity contribution in [1.29, 1.82) is 0 Å². The molecule has 0 aliphatic rings. The Morgan fingerprint density at radius 2 is 1.78 bits per heavy atom. The monoisotopic (exact) mass is 745 g/mol. The van der Waals surface area contributed by atoms with Crippen molar-refractivity contribution < 1.29 is 23.7 Å². The van der Waals surface area contributed by atoms with Gasteiger partial charge in [0.2, 0.25) is 0 Å². The summed E-state index contributed by atoms with van der Waals surface area (Å²) in [6.45, 7) is 12.6. The van der Waals surface area contributed by atoms with Gasteiger partial charge in [-0.1, -0.05) is 63.8 Å². The maximum Gasteiger partial charge on any atom is 0.320 e. The molecule has 0 aliphatic carbocycles. The van der Waals surface area contributed by atoms with E-state index in [0.29, 0.717) is 34.3 Å². The summed E-state index contributed by atoms with van der Waals surface area (Å²) in [5.41, 5.74) is 4.18. The summed E-state index contributed by atoms with van der Waals surface area (Å²) in [5.74, 6) is 2.04. The number of pyridine rings is 1. The number of rotatable bonds is 14. The van der Waals surface area contributed by atoms with E-state index in [1.165, 1.54) is 13.4 Å². The van der Waals surface area contributed by atoms with Crippen molar-refractivity contribution in [1.82, 2.24) is 19.7 Å². The van der Waals surface area contributed by atoms with E-state index >= 15 is 0 Å². The Morgan fingerprint density at radius 3 is 2.46 bits per heavy atom. The van der Waals surface area contributed by atoms with Crippen molar-refractivity contribution in [2.75, 3.05) is 26.6 Å². The molecule has 0 saturated carbocycles. The number of hydrogen-bond donors (Lipinski definition) is 2. The number of nitrogens with one attached hydrogen (secondary N) is 2. The summed E-state index contributed by atoms with van der Waals surface area (Å²) in [4.78, 5) is 26.6. The van der Waals surface area contributed by atoms with Crippen LogP contribution < -0.4 is 25.7 Å². The summed E-state index contributed by atoms with van der Waals surface area (Å²) in [7, 11) is 4.69. The van der Waals surface area contributed by atoms with Gasteiger partial charge in [-0.15, -0.1) is 0 Å². The maximum atomic E-state index is 13.4. The molecule has 12 heteroatoms. The maximum absolute atomic E-state index is 13.4. The summed E-state index contributed by atoms with van der Waals surface area (Å²) < 4.78 is 25.5. The van der Waals surface area contributed by atoms with Crippen LogP contribution in [0.1, 0.15) is 43.3 Å². The Hall–Kier alpha value is -5.23. The molecule has 0 saturated heterocycles. The third-order valence-corrected chi connectivity index (χ3v) is 8.55. The molecule has 0 unspecified atom stereocenters. The van der Waals surface area contributed by atoms with E-state index in [-0.39, 0.29) is 35.1 Å². The number of anilines is 1. The number of nitrogens with zero attached hydrogens (tertiary/aromatic N) is 3. The van der Waals surface area contributed by atoms with Gasteiger partial charge in [0.15, 0.2) is 0 Å². The minimum atomic E-state index is -0.394. The standard InChI is InChI=1S/C38H44BrN5O6/c1-25-19-32(35(39)36(45)43(25)23-28(26(2)48-7)15-12-18-47-6)50-24-29-14-10-9-13-27(29)22-40-37(46)41-34-21-33(38(3,4)5)42-44(34)30-16-11-17-31(20-30)49-8/h9-21H,2,22-24H2,1,3-8H3,(H2,40,41,46)/b18-12+,28-15-. The fourth-order valence-corrected chi connectivity index (χ4v) is 5.37. The summed E-state index contributed by atoms with van der Waals surface area (Å²) in [6, 6.07) is 18.4. The minimum absolute atomic E-state index is 0.173. The average molecular weight is 747 g/mol. The molecular formula is C38H44BrN5O6. The zero-order valence-electron chi connectivity index (χ0n) is 29.5. The average Bonchev–Trinajstić information content (AvgIpc) is 3.54. The van der Waals surface area contributed by atoms with Crippen molar-refractivity contribution in [3.05, 3.63) is 134 Å². The first kappa shape index (κ1) is 37.6.